The number of aliphatic hydroxyl groups is 3. The summed E-state index contributed by atoms with van der Waals surface area (Å²) in [7, 11) is 5.25. The molecule has 0 radical (unpaired) electrons. The molecular formula is C46H67ClFN3O10. The topological polar surface area (TPSA) is 169 Å². The van der Waals surface area contributed by atoms with Gasteiger partial charge in [-0.25, -0.2) is 4.39 Å². The van der Waals surface area contributed by atoms with Crippen LogP contribution in [0, 0.1) is 29.5 Å². The minimum atomic E-state index is -1.98. The number of esters is 2. The summed E-state index contributed by atoms with van der Waals surface area (Å²) in [5, 5.41) is 45.7. The second-order valence-electron chi connectivity index (χ2n) is 17.7. The van der Waals surface area contributed by atoms with Gasteiger partial charge in [0.15, 0.2) is 6.29 Å². The third-order valence-electron chi connectivity index (χ3n) is 12.6. The van der Waals surface area contributed by atoms with Crippen molar-refractivity contribution in [3.8, 4) is 0 Å². The van der Waals surface area contributed by atoms with E-state index in [-0.39, 0.29) is 31.4 Å². The zero-order chi connectivity index (χ0) is 45.6. The van der Waals surface area contributed by atoms with Crippen LogP contribution >= 0.6 is 11.6 Å². The zero-order valence-electron chi connectivity index (χ0n) is 37.7. The van der Waals surface area contributed by atoms with Gasteiger partial charge in [-0.05, 0) is 109 Å². The first kappa shape index (κ1) is 50.3. The first-order valence-corrected chi connectivity index (χ1v) is 21.6. The maximum atomic E-state index is 14.3. The number of methoxy groups -OCH3 is 1. The molecule has 2 fully saturated rings. The Labute approximate surface area is 365 Å². The number of nitrogens with zero attached hydrogens (tertiary/aromatic N) is 3. The number of carbonyl (C=O) groups is 2. The van der Waals surface area contributed by atoms with E-state index >= 15 is 0 Å². The van der Waals surface area contributed by atoms with Gasteiger partial charge in [0.25, 0.3) is 0 Å². The molecule has 0 aliphatic carbocycles. The summed E-state index contributed by atoms with van der Waals surface area (Å²) in [6, 6.07) is 12.3. The maximum Gasteiger partial charge on any atom is 0.312 e. The van der Waals surface area contributed by atoms with Crippen molar-refractivity contribution in [1.29, 1.82) is 0 Å². The predicted molar refractivity (Wildman–Crippen MR) is 232 cm³/mol. The molecule has 0 spiro atoms. The second kappa shape index (κ2) is 21.4. The number of hydrogen-bond donors (Lipinski definition) is 3. The van der Waals surface area contributed by atoms with Crippen molar-refractivity contribution in [1.82, 2.24) is 4.90 Å². The van der Waals surface area contributed by atoms with Crippen molar-refractivity contribution in [2.24, 2.45) is 33.9 Å². The third kappa shape index (κ3) is 12.2. The first-order valence-electron chi connectivity index (χ1n) is 21.2. The SMILES string of the molecule is CC[C@H]1OC(=O)[C@H](C)[C@@H](OC(=O)Cc2ccc(F)cc2)[C@H](C)[C@@H](OC2OC(C)CC(N(C)C)C2O)[C@](C)(OC)C[C@@H](C)/C(=N\N=C(/C)c2ccc(Cl)cc2)[C@H](C)[C@@H](O)[C@]1(C)O. The van der Waals surface area contributed by atoms with Gasteiger partial charge in [0.1, 0.15) is 29.7 Å². The van der Waals surface area contributed by atoms with Crippen LogP contribution in [0.1, 0.15) is 92.7 Å². The Hall–Kier alpha value is -3.34. The molecule has 2 aromatic rings. The lowest BCUT2D eigenvalue weighted by Gasteiger charge is -2.48. The Morgan fingerprint density at radius 2 is 1.64 bits per heavy atom. The smallest absolute Gasteiger partial charge is 0.312 e. The summed E-state index contributed by atoms with van der Waals surface area (Å²) in [4.78, 5) is 30.0. The standard InChI is InChI=1S/C46H67ClFN3O10/c1-13-36-46(9,56)41(54)27(4)38(50-49-30(7)32-16-18-33(47)19-17-32)25(2)24-45(8,57-12)42(61-44-39(53)35(51(10)11)22-26(3)58-44)28(5)40(29(6)43(55)59-36)60-37(52)23-31-14-20-34(48)21-15-31/h14-21,25-29,35-36,39-42,44,53-54,56H,13,22-24H2,1-12H3/b49-30+,50-38+/t25-,26?,27+,28+,29-,35?,36-,39?,40+,41-,42-,44?,45-,46-/m1/s1. The number of aliphatic hydroxyl groups excluding tert-OH is 2. The van der Waals surface area contributed by atoms with Crippen LogP contribution in [-0.4, -0.2) is 125 Å². The summed E-state index contributed by atoms with van der Waals surface area (Å²) in [5.74, 6) is -5.29. The molecule has 2 aliphatic heterocycles. The molecule has 13 nitrogen and oxygen atoms in total. The number of rotatable bonds is 10. The summed E-state index contributed by atoms with van der Waals surface area (Å²) >= 11 is 6.15. The molecule has 4 unspecified atom stereocenters. The normalized spacial score (nSPS) is 36.7. The van der Waals surface area contributed by atoms with Crippen molar-refractivity contribution >= 4 is 35.0 Å². The number of ether oxygens (including phenoxy) is 5. The van der Waals surface area contributed by atoms with Crippen molar-refractivity contribution < 1.29 is 53.0 Å². The van der Waals surface area contributed by atoms with E-state index in [1.807, 2.05) is 51.9 Å². The fraction of sp³-hybridized carbons (Fsp3) is 0.652. The molecule has 0 amide bonds. The zero-order valence-corrected chi connectivity index (χ0v) is 38.4. The molecule has 2 aromatic carbocycles. The first-order chi connectivity index (χ1) is 28.5. The highest BCUT2D eigenvalue weighted by Crippen LogP contribution is 2.40. The number of hydrogen-bond acceptors (Lipinski definition) is 13. The number of benzene rings is 2. The third-order valence-corrected chi connectivity index (χ3v) is 12.9. The van der Waals surface area contributed by atoms with Gasteiger partial charge in [-0.2, -0.15) is 10.2 Å². The summed E-state index contributed by atoms with van der Waals surface area (Å²) < 4.78 is 45.6. The average Bonchev–Trinajstić information content (AvgIpc) is 3.21. The lowest BCUT2D eigenvalue weighted by atomic mass is 9.73. The van der Waals surface area contributed by atoms with Crippen molar-refractivity contribution in [3.63, 3.8) is 0 Å². The van der Waals surface area contributed by atoms with Crippen LogP contribution in [0.15, 0.2) is 58.7 Å². The molecule has 3 N–H and O–H groups in total. The lowest BCUT2D eigenvalue weighted by molar-refractivity contribution is -0.301. The van der Waals surface area contributed by atoms with E-state index in [2.05, 4.69) is 5.10 Å². The molecule has 0 saturated carbocycles. The highest BCUT2D eigenvalue weighted by molar-refractivity contribution is 6.30. The Kier molecular flexibility index (Phi) is 17.6. The Morgan fingerprint density at radius 1 is 1.02 bits per heavy atom. The molecule has 2 aliphatic rings. The van der Waals surface area contributed by atoms with Crippen LogP contribution in [-0.2, 0) is 39.7 Å². The van der Waals surface area contributed by atoms with Gasteiger partial charge in [0, 0.05) is 35.7 Å². The summed E-state index contributed by atoms with van der Waals surface area (Å²) in [6.45, 7) is 15.6. The molecular weight excluding hydrogens is 809 g/mol. The van der Waals surface area contributed by atoms with Crippen LogP contribution in [0.4, 0.5) is 4.39 Å². The van der Waals surface area contributed by atoms with Crippen molar-refractivity contribution in [2.45, 2.75) is 148 Å². The molecule has 340 valence electrons. The second-order valence-corrected chi connectivity index (χ2v) is 18.1. The van der Waals surface area contributed by atoms with E-state index in [0.717, 1.165) is 5.56 Å². The van der Waals surface area contributed by atoms with Crippen LogP contribution in [0.25, 0.3) is 0 Å². The monoisotopic (exact) mass is 875 g/mol. The van der Waals surface area contributed by atoms with Gasteiger partial charge in [-0.1, -0.05) is 63.6 Å². The van der Waals surface area contributed by atoms with Gasteiger partial charge < -0.3 is 43.9 Å². The van der Waals surface area contributed by atoms with Gasteiger partial charge in [-0.15, -0.1) is 0 Å². The minimum absolute atomic E-state index is 0.130. The predicted octanol–water partition coefficient (Wildman–Crippen LogP) is 6.40. The molecule has 14 atom stereocenters. The molecule has 15 heteroatoms. The van der Waals surface area contributed by atoms with Crippen LogP contribution < -0.4 is 0 Å². The highest BCUT2D eigenvalue weighted by Gasteiger charge is 2.52. The quantitative estimate of drug-likeness (QED) is 0.137. The molecule has 2 saturated heterocycles. The van der Waals surface area contributed by atoms with E-state index in [1.165, 1.54) is 38.3 Å². The summed E-state index contributed by atoms with van der Waals surface area (Å²) in [5.41, 5.74) is -1.02. The van der Waals surface area contributed by atoms with Gasteiger partial charge in [0.05, 0.1) is 42.0 Å². The highest BCUT2D eigenvalue weighted by atomic mass is 35.5. The number of cyclic esters (lactones) is 1. The average molecular weight is 877 g/mol. The van der Waals surface area contributed by atoms with Crippen molar-refractivity contribution in [2.75, 3.05) is 21.2 Å². The molecule has 0 bridgehead atoms. The van der Waals surface area contributed by atoms with Crippen LogP contribution in [0.5, 0.6) is 0 Å². The Balaban J connectivity index is 1.92. The molecule has 0 aromatic heterocycles. The van der Waals surface area contributed by atoms with E-state index in [9.17, 15) is 29.3 Å². The fourth-order valence-electron chi connectivity index (χ4n) is 8.83. The van der Waals surface area contributed by atoms with Gasteiger partial charge in [-0.3, -0.25) is 9.59 Å². The minimum Gasteiger partial charge on any atom is -0.461 e. The van der Waals surface area contributed by atoms with E-state index < -0.39 is 89.4 Å². The van der Waals surface area contributed by atoms with Gasteiger partial charge >= 0.3 is 11.9 Å². The lowest BCUT2D eigenvalue weighted by Crippen LogP contribution is -2.60. The van der Waals surface area contributed by atoms with E-state index in [1.54, 1.807) is 46.8 Å². The van der Waals surface area contributed by atoms with E-state index in [0.29, 0.717) is 28.4 Å². The van der Waals surface area contributed by atoms with Crippen LogP contribution in [0.3, 0.4) is 0 Å². The molecule has 61 heavy (non-hydrogen) atoms. The fourth-order valence-corrected chi connectivity index (χ4v) is 8.95. The molecule has 2 heterocycles. The Morgan fingerprint density at radius 3 is 2.21 bits per heavy atom. The van der Waals surface area contributed by atoms with Crippen molar-refractivity contribution in [3.05, 3.63) is 70.5 Å². The number of likely N-dealkylation sites (N-methyl/N-ethyl adjacent to an activating group) is 1. The number of halogens is 2. The summed E-state index contributed by atoms with van der Waals surface area (Å²) in [6.07, 6.45) is -6.92. The van der Waals surface area contributed by atoms with Gasteiger partial charge in [0.2, 0.25) is 0 Å². The Bertz CT molecular complexity index is 1830. The maximum absolute atomic E-state index is 14.3. The van der Waals surface area contributed by atoms with Crippen LogP contribution in [0.2, 0.25) is 5.02 Å². The van der Waals surface area contributed by atoms with E-state index in [4.69, 9.17) is 40.4 Å². The molecule has 4 rings (SSSR count). The largest absolute Gasteiger partial charge is 0.461 e. The number of carbonyl (C=O) groups excluding carboxylic acids is 2.